The second-order valence-electron chi connectivity index (χ2n) is 7.85. The summed E-state index contributed by atoms with van der Waals surface area (Å²) in [6.07, 6.45) is 13.7. The van der Waals surface area contributed by atoms with Gasteiger partial charge in [-0.15, -0.1) is 0 Å². The van der Waals surface area contributed by atoms with E-state index >= 15 is 0 Å². The molecule has 6 heteroatoms. The minimum absolute atomic E-state index is 0.0644. The van der Waals surface area contributed by atoms with E-state index in [2.05, 4.69) is 27.9 Å². The zero-order chi connectivity index (χ0) is 20.7. The topological polar surface area (TPSA) is 52.8 Å². The monoisotopic (exact) mass is 400 g/mol. The number of allylic oxidation sites excluding steroid dienone is 6. The number of benzene rings is 1. The molecular weight excluding hydrogens is 376 g/mol. The third kappa shape index (κ3) is 3.50. The second kappa shape index (κ2) is 7.46. The van der Waals surface area contributed by atoms with Gasteiger partial charge in [0, 0.05) is 51.1 Å². The number of carbonyl (C=O) groups excluding carboxylic acids is 1. The van der Waals surface area contributed by atoms with E-state index in [0.717, 1.165) is 59.8 Å². The molecule has 0 saturated carbocycles. The van der Waals surface area contributed by atoms with Gasteiger partial charge >= 0.3 is 0 Å². The van der Waals surface area contributed by atoms with E-state index in [1.807, 2.05) is 55.6 Å². The number of rotatable bonds is 2. The highest BCUT2D eigenvalue weighted by atomic mass is 16.3. The summed E-state index contributed by atoms with van der Waals surface area (Å²) in [5, 5.41) is 0. The fraction of sp³-hybridized carbons (Fsp3) is 0.250. The summed E-state index contributed by atoms with van der Waals surface area (Å²) < 4.78 is 5.66. The zero-order valence-electron chi connectivity index (χ0n) is 17.2. The summed E-state index contributed by atoms with van der Waals surface area (Å²) in [4.78, 5) is 23.9. The van der Waals surface area contributed by atoms with E-state index in [1.54, 1.807) is 11.0 Å². The molecule has 0 atom stereocenters. The molecule has 1 aromatic heterocycles. The summed E-state index contributed by atoms with van der Waals surface area (Å²) in [5.74, 6) is 0.570. The molecule has 0 N–H and O–H groups in total. The van der Waals surface area contributed by atoms with Crippen LogP contribution in [0.15, 0.2) is 76.7 Å². The molecule has 2 aromatic rings. The average Bonchev–Trinajstić information content (AvgIpc) is 3.11. The number of hydrogen-bond acceptors (Lipinski definition) is 5. The Labute approximate surface area is 175 Å². The van der Waals surface area contributed by atoms with Crippen LogP contribution in [0.5, 0.6) is 0 Å². The molecule has 1 fully saturated rings. The molecule has 1 amide bonds. The summed E-state index contributed by atoms with van der Waals surface area (Å²) in [6.45, 7) is 5.81. The van der Waals surface area contributed by atoms with Gasteiger partial charge in [-0.25, -0.2) is 4.98 Å². The van der Waals surface area contributed by atoms with Crippen LogP contribution in [0.3, 0.4) is 0 Å². The van der Waals surface area contributed by atoms with Crippen LogP contribution in [0.2, 0.25) is 0 Å². The lowest BCUT2D eigenvalue weighted by Gasteiger charge is -2.36. The summed E-state index contributed by atoms with van der Waals surface area (Å²) >= 11 is 0. The minimum Gasteiger partial charge on any atom is -0.441 e. The number of piperazine rings is 1. The Hall–Kier alpha value is -3.38. The van der Waals surface area contributed by atoms with Crippen LogP contribution in [0.4, 0.5) is 0 Å². The van der Waals surface area contributed by atoms with Crippen LogP contribution >= 0.6 is 0 Å². The number of hydrogen-bond donors (Lipinski definition) is 0. The molecule has 4 heterocycles. The van der Waals surface area contributed by atoms with E-state index in [9.17, 15) is 4.79 Å². The van der Waals surface area contributed by atoms with Gasteiger partial charge in [0.15, 0.2) is 11.5 Å². The Balaban J connectivity index is 1.46. The van der Waals surface area contributed by atoms with E-state index in [1.165, 1.54) is 0 Å². The fourth-order valence-electron chi connectivity index (χ4n) is 3.98. The van der Waals surface area contributed by atoms with Crippen molar-refractivity contribution in [3.63, 3.8) is 0 Å². The maximum atomic E-state index is 13.2. The normalized spacial score (nSPS) is 21.7. The largest absolute Gasteiger partial charge is 0.441 e. The van der Waals surface area contributed by atoms with Crippen LogP contribution < -0.4 is 0 Å². The maximum absolute atomic E-state index is 13.2. The summed E-state index contributed by atoms with van der Waals surface area (Å²) in [5.41, 5.74) is 5.26. The number of aryl methyl sites for hydroxylation is 1. The van der Waals surface area contributed by atoms with Crippen molar-refractivity contribution in [2.75, 3.05) is 33.2 Å². The standard InChI is InChI=1S/C24H24N4O2/c1-17-25-22-9-6-19(14-23(22)30-17)18-4-3-5-20-7-8-21(16-28(20)24(29)15-18)27-12-10-26(2)11-13-27/h3-9,14-16H,10-13H2,1-2H3/b4-3?,18-15?,20-5+. The third-order valence-electron chi connectivity index (χ3n) is 5.72. The number of nitrogens with zero attached hydrogens (tertiary/aromatic N) is 4. The molecule has 0 bridgehead atoms. The van der Waals surface area contributed by atoms with Crippen LogP contribution in [0, 0.1) is 6.92 Å². The van der Waals surface area contributed by atoms with Gasteiger partial charge in [-0.3, -0.25) is 9.69 Å². The first kappa shape index (κ1) is 18.6. The Morgan fingerprint density at radius 1 is 1.03 bits per heavy atom. The molecular formula is C24H24N4O2. The Morgan fingerprint density at radius 2 is 1.83 bits per heavy atom. The molecule has 0 radical (unpaired) electrons. The number of likely N-dealkylation sites (N-methyl/N-ethyl adjacent to an activating group) is 1. The van der Waals surface area contributed by atoms with Crippen molar-refractivity contribution in [2.24, 2.45) is 0 Å². The van der Waals surface area contributed by atoms with Gasteiger partial charge in [0.25, 0.3) is 5.91 Å². The Bertz CT molecular complexity index is 1160. The lowest BCUT2D eigenvalue weighted by atomic mass is 10.0. The van der Waals surface area contributed by atoms with E-state index in [-0.39, 0.29) is 5.91 Å². The van der Waals surface area contributed by atoms with Gasteiger partial charge in [-0.05, 0) is 48.5 Å². The van der Waals surface area contributed by atoms with Gasteiger partial charge in [0.05, 0.1) is 5.70 Å². The van der Waals surface area contributed by atoms with Gasteiger partial charge in [0.2, 0.25) is 0 Å². The molecule has 0 spiro atoms. The molecule has 6 nitrogen and oxygen atoms in total. The van der Waals surface area contributed by atoms with Crippen molar-refractivity contribution in [3.05, 3.63) is 83.7 Å². The third-order valence-corrected chi connectivity index (χ3v) is 5.72. The zero-order valence-corrected chi connectivity index (χ0v) is 17.2. The molecule has 5 rings (SSSR count). The first-order chi connectivity index (χ1) is 14.6. The maximum Gasteiger partial charge on any atom is 0.255 e. The van der Waals surface area contributed by atoms with E-state index in [4.69, 9.17) is 4.42 Å². The Kier molecular flexibility index (Phi) is 4.64. The molecule has 3 aliphatic rings. The smallest absolute Gasteiger partial charge is 0.255 e. The molecule has 0 aliphatic carbocycles. The molecule has 0 unspecified atom stereocenters. The van der Waals surface area contributed by atoms with Crippen molar-refractivity contribution < 1.29 is 9.21 Å². The summed E-state index contributed by atoms with van der Waals surface area (Å²) in [7, 11) is 2.14. The lowest BCUT2D eigenvalue weighted by Crippen LogP contribution is -2.44. The van der Waals surface area contributed by atoms with E-state index in [0.29, 0.717) is 5.89 Å². The SMILES string of the molecule is Cc1nc2ccc(C3=CC(=O)N4C=C(N5CCN(C)CC5)C=C/C4=C\C=C3)cc2o1. The first-order valence-electron chi connectivity index (χ1n) is 10.2. The number of oxazole rings is 1. The van der Waals surface area contributed by atoms with Crippen molar-refractivity contribution in [3.8, 4) is 0 Å². The minimum atomic E-state index is -0.0644. The van der Waals surface area contributed by atoms with Crippen molar-refractivity contribution in [1.82, 2.24) is 19.7 Å². The molecule has 1 saturated heterocycles. The number of carbonyl (C=O) groups is 1. The average molecular weight is 400 g/mol. The van der Waals surface area contributed by atoms with Crippen LogP contribution in [-0.4, -0.2) is 58.8 Å². The highest BCUT2D eigenvalue weighted by Gasteiger charge is 2.22. The lowest BCUT2D eigenvalue weighted by molar-refractivity contribution is -0.122. The predicted octanol–water partition coefficient (Wildman–Crippen LogP) is 3.46. The van der Waals surface area contributed by atoms with Gasteiger partial charge in [-0.1, -0.05) is 18.2 Å². The van der Waals surface area contributed by atoms with Crippen molar-refractivity contribution >= 4 is 22.6 Å². The van der Waals surface area contributed by atoms with Gasteiger partial charge in [-0.2, -0.15) is 0 Å². The molecule has 3 aliphatic heterocycles. The molecule has 30 heavy (non-hydrogen) atoms. The Morgan fingerprint density at radius 3 is 2.67 bits per heavy atom. The molecule has 1 aromatic carbocycles. The highest BCUT2D eigenvalue weighted by Crippen LogP contribution is 2.27. The van der Waals surface area contributed by atoms with Crippen LogP contribution in [0.1, 0.15) is 11.5 Å². The quantitative estimate of drug-likeness (QED) is 0.773. The summed E-state index contributed by atoms with van der Waals surface area (Å²) in [6, 6.07) is 5.84. The molecule has 152 valence electrons. The number of amides is 1. The first-order valence-corrected chi connectivity index (χ1v) is 10.2. The number of aromatic nitrogens is 1. The highest BCUT2D eigenvalue weighted by molar-refractivity contribution is 6.00. The predicted molar refractivity (Wildman–Crippen MR) is 117 cm³/mol. The fourth-order valence-corrected chi connectivity index (χ4v) is 3.98. The van der Waals surface area contributed by atoms with Crippen LogP contribution in [0.25, 0.3) is 16.7 Å². The van der Waals surface area contributed by atoms with Crippen molar-refractivity contribution in [2.45, 2.75) is 6.92 Å². The number of fused-ring (bicyclic) bond motifs is 2. The van der Waals surface area contributed by atoms with Crippen molar-refractivity contribution in [1.29, 1.82) is 0 Å². The van der Waals surface area contributed by atoms with Gasteiger partial charge < -0.3 is 14.2 Å². The van der Waals surface area contributed by atoms with E-state index < -0.39 is 0 Å². The van der Waals surface area contributed by atoms with Gasteiger partial charge in [0.1, 0.15) is 5.52 Å². The van der Waals surface area contributed by atoms with Crippen LogP contribution in [-0.2, 0) is 4.79 Å². The second-order valence-corrected chi connectivity index (χ2v) is 7.85.